The van der Waals surface area contributed by atoms with Crippen molar-refractivity contribution in [3.8, 4) is 0 Å². The van der Waals surface area contributed by atoms with Gasteiger partial charge in [0.25, 0.3) is 0 Å². The van der Waals surface area contributed by atoms with Crippen LogP contribution in [0.1, 0.15) is 22.6 Å². The van der Waals surface area contributed by atoms with E-state index in [4.69, 9.17) is 0 Å². The maximum Gasteiger partial charge on any atom is 0.157 e. The topological polar surface area (TPSA) is 62.5 Å². The van der Waals surface area contributed by atoms with Gasteiger partial charge in [-0.15, -0.1) is 0 Å². The zero-order valence-corrected chi connectivity index (χ0v) is 16.3. The fourth-order valence-electron chi connectivity index (χ4n) is 4.62. The zero-order valence-electron chi connectivity index (χ0n) is 16.3. The van der Waals surface area contributed by atoms with Crippen molar-refractivity contribution in [3.05, 3.63) is 41.1 Å². The van der Waals surface area contributed by atoms with Crippen molar-refractivity contribution in [1.29, 1.82) is 0 Å². The molecule has 0 radical (unpaired) electrons. The van der Waals surface area contributed by atoms with Gasteiger partial charge in [0.05, 0.1) is 5.69 Å². The standard InChI is InChI=1S/C20H25N7/c1-12-6-19(27-18(23-12)5-13(2)24-27)25-7-16-9-26(10-17(16)8-25)20-14(3)15(4)21-11-22-20/h5-6,11,16-17H,7-10H2,1-4H3. The fourth-order valence-corrected chi connectivity index (χ4v) is 4.62. The Morgan fingerprint density at radius 2 is 1.56 bits per heavy atom. The summed E-state index contributed by atoms with van der Waals surface area (Å²) in [6, 6.07) is 4.21. The van der Waals surface area contributed by atoms with E-state index in [1.54, 1.807) is 6.33 Å². The third-order valence-corrected chi connectivity index (χ3v) is 6.08. The van der Waals surface area contributed by atoms with Crippen LogP contribution in [-0.2, 0) is 0 Å². The van der Waals surface area contributed by atoms with Gasteiger partial charge < -0.3 is 9.80 Å². The van der Waals surface area contributed by atoms with E-state index in [1.165, 1.54) is 11.4 Å². The van der Waals surface area contributed by atoms with E-state index >= 15 is 0 Å². The van der Waals surface area contributed by atoms with Crippen LogP contribution in [0.25, 0.3) is 5.65 Å². The van der Waals surface area contributed by atoms with Gasteiger partial charge in [-0.25, -0.2) is 15.0 Å². The quantitative estimate of drug-likeness (QED) is 0.696. The van der Waals surface area contributed by atoms with Crippen molar-refractivity contribution in [2.24, 2.45) is 11.8 Å². The van der Waals surface area contributed by atoms with E-state index in [1.807, 2.05) is 11.4 Å². The second kappa shape index (κ2) is 5.90. The highest BCUT2D eigenvalue weighted by Gasteiger charge is 2.41. The molecule has 2 fully saturated rings. The van der Waals surface area contributed by atoms with Crippen LogP contribution in [0, 0.1) is 39.5 Å². The molecule has 0 N–H and O–H groups in total. The number of rotatable bonds is 2. The summed E-state index contributed by atoms with van der Waals surface area (Å²) >= 11 is 0. The molecule has 5 rings (SSSR count). The zero-order chi connectivity index (χ0) is 18.7. The largest absolute Gasteiger partial charge is 0.356 e. The summed E-state index contributed by atoms with van der Waals surface area (Å²) in [4.78, 5) is 18.4. The van der Waals surface area contributed by atoms with Crippen LogP contribution in [0.4, 0.5) is 11.6 Å². The summed E-state index contributed by atoms with van der Waals surface area (Å²) in [5, 5.41) is 4.66. The molecule has 0 aliphatic carbocycles. The number of hydrogen-bond donors (Lipinski definition) is 0. The lowest BCUT2D eigenvalue weighted by Gasteiger charge is -2.25. The minimum atomic E-state index is 0.653. The Hall–Kier alpha value is -2.70. The van der Waals surface area contributed by atoms with Gasteiger partial charge in [0.2, 0.25) is 0 Å². The highest BCUT2D eigenvalue weighted by atomic mass is 15.4. The molecule has 0 bridgehead atoms. The van der Waals surface area contributed by atoms with Crippen LogP contribution in [-0.4, -0.2) is 50.7 Å². The van der Waals surface area contributed by atoms with Crippen LogP contribution in [0.3, 0.4) is 0 Å². The Kier molecular flexibility index (Phi) is 3.60. The lowest BCUT2D eigenvalue weighted by atomic mass is 10.0. The molecule has 0 saturated carbocycles. The smallest absolute Gasteiger partial charge is 0.157 e. The molecule has 140 valence electrons. The highest BCUT2D eigenvalue weighted by molar-refractivity contribution is 5.54. The van der Waals surface area contributed by atoms with Gasteiger partial charge in [0, 0.05) is 67.1 Å². The molecule has 3 aromatic rings. The molecule has 0 aromatic carbocycles. The number of aryl methyl sites for hydroxylation is 3. The monoisotopic (exact) mass is 363 g/mol. The molecular weight excluding hydrogens is 338 g/mol. The fraction of sp³-hybridized carbons (Fsp3) is 0.500. The summed E-state index contributed by atoms with van der Waals surface area (Å²) in [6.07, 6.45) is 1.69. The SMILES string of the molecule is Cc1cc(N2CC3CN(c4ncnc(C)c4C)CC3C2)n2nc(C)cc2n1. The summed E-state index contributed by atoms with van der Waals surface area (Å²) in [6.45, 7) is 12.5. The summed E-state index contributed by atoms with van der Waals surface area (Å²) < 4.78 is 2.00. The molecule has 3 aromatic heterocycles. The van der Waals surface area contributed by atoms with E-state index in [2.05, 4.69) is 62.8 Å². The van der Waals surface area contributed by atoms with Crippen molar-refractivity contribution >= 4 is 17.3 Å². The van der Waals surface area contributed by atoms with Gasteiger partial charge in [0.1, 0.15) is 18.0 Å². The number of anilines is 2. The van der Waals surface area contributed by atoms with E-state index in [9.17, 15) is 0 Å². The first-order valence-corrected chi connectivity index (χ1v) is 9.61. The number of aromatic nitrogens is 5. The third kappa shape index (κ3) is 2.64. The van der Waals surface area contributed by atoms with Gasteiger partial charge in [-0.1, -0.05) is 0 Å². The molecule has 2 unspecified atom stereocenters. The van der Waals surface area contributed by atoms with Gasteiger partial charge in [0.15, 0.2) is 5.65 Å². The van der Waals surface area contributed by atoms with E-state index < -0.39 is 0 Å². The molecule has 0 amide bonds. The van der Waals surface area contributed by atoms with E-state index in [0.29, 0.717) is 11.8 Å². The van der Waals surface area contributed by atoms with Crippen LogP contribution in [0.5, 0.6) is 0 Å². The van der Waals surface area contributed by atoms with Crippen molar-refractivity contribution < 1.29 is 0 Å². The molecule has 2 aliphatic heterocycles. The highest BCUT2D eigenvalue weighted by Crippen LogP contribution is 2.36. The Bertz CT molecular complexity index is 1010. The summed E-state index contributed by atoms with van der Waals surface area (Å²) in [7, 11) is 0. The van der Waals surface area contributed by atoms with Crippen LogP contribution in [0.2, 0.25) is 0 Å². The van der Waals surface area contributed by atoms with Crippen molar-refractivity contribution in [2.45, 2.75) is 27.7 Å². The normalized spacial score (nSPS) is 22.1. The third-order valence-electron chi connectivity index (χ3n) is 6.08. The van der Waals surface area contributed by atoms with Gasteiger partial charge in [-0.3, -0.25) is 0 Å². The van der Waals surface area contributed by atoms with Crippen LogP contribution in [0.15, 0.2) is 18.5 Å². The van der Waals surface area contributed by atoms with Gasteiger partial charge >= 0.3 is 0 Å². The molecule has 27 heavy (non-hydrogen) atoms. The maximum atomic E-state index is 4.66. The Morgan fingerprint density at radius 1 is 0.852 bits per heavy atom. The number of fused-ring (bicyclic) bond motifs is 2. The minimum Gasteiger partial charge on any atom is -0.356 e. The predicted octanol–water partition coefficient (Wildman–Crippen LogP) is 2.33. The van der Waals surface area contributed by atoms with Crippen molar-refractivity contribution in [3.63, 3.8) is 0 Å². The first kappa shape index (κ1) is 16.5. The Balaban J connectivity index is 1.40. The summed E-state index contributed by atoms with van der Waals surface area (Å²) in [5.74, 6) is 3.58. The first-order chi connectivity index (χ1) is 13.0. The Labute approximate surface area is 159 Å². The minimum absolute atomic E-state index is 0.653. The van der Waals surface area contributed by atoms with Crippen molar-refractivity contribution in [1.82, 2.24) is 24.6 Å². The van der Waals surface area contributed by atoms with Crippen molar-refractivity contribution in [2.75, 3.05) is 36.0 Å². The maximum absolute atomic E-state index is 4.66. The predicted molar refractivity (Wildman–Crippen MR) is 105 cm³/mol. The lowest BCUT2D eigenvalue weighted by molar-refractivity contribution is 0.533. The first-order valence-electron chi connectivity index (χ1n) is 9.61. The van der Waals surface area contributed by atoms with E-state index in [-0.39, 0.29) is 0 Å². The van der Waals surface area contributed by atoms with Gasteiger partial charge in [-0.05, 0) is 27.7 Å². The summed E-state index contributed by atoms with van der Waals surface area (Å²) in [5.41, 5.74) is 5.26. The number of hydrogen-bond acceptors (Lipinski definition) is 6. The van der Waals surface area contributed by atoms with Crippen LogP contribution < -0.4 is 9.80 Å². The average molecular weight is 363 g/mol. The average Bonchev–Trinajstić information content (AvgIpc) is 3.28. The van der Waals surface area contributed by atoms with Crippen LogP contribution >= 0.6 is 0 Å². The molecule has 7 heteroatoms. The molecule has 7 nitrogen and oxygen atoms in total. The molecule has 5 heterocycles. The second-order valence-corrected chi connectivity index (χ2v) is 8.05. The molecular formula is C20H25N7. The molecule has 2 atom stereocenters. The molecule has 0 spiro atoms. The molecule has 2 aliphatic rings. The molecule has 2 saturated heterocycles. The lowest BCUT2D eigenvalue weighted by Crippen LogP contribution is -2.31. The van der Waals surface area contributed by atoms with Gasteiger partial charge in [-0.2, -0.15) is 9.61 Å². The Morgan fingerprint density at radius 3 is 2.30 bits per heavy atom. The van der Waals surface area contributed by atoms with E-state index in [0.717, 1.165) is 54.7 Å². The number of nitrogens with zero attached hydrogens (tertiary/aromatic N) is 7. The second-order valence-electron chi connectivity index (χ2n) is 8.05.